The number of amides is 1. The molecule has 0 aliphatic carbocycles. The van der Waals surface area contributed by atoms with Crippen LogP contribution in [0.1, 0.15) is 20.8 Å². The zero-order chi connectivity index (χ0) is 24.6. The molecule has 1 fully saturated rings. The Hall–Kier alpha value is -1.72. The van der Waals surface area contributed by atoms with Crippen molar-refractivity contribution in [3.05, 3.63) is 11.3 Å². The van der Waals surface area contributed by atoms with E-state index in [0.717, 1.165) is 6.26 Å². The molecule has 2 aliphatic rings. The second-order valence-electron chi connectivity index (χ2n) is 8.43. The molecule has 3 heterocycles. The zero-order valence-corrected chi connectivity index (χ0v) is 21.3. The number of carbonyl (C=O) groups is 2. The second kappa shape index (κ2) is 9.50. The quantitative estimate of drug-likeness (QED) is 0.178. The number of thioether (sulfide) groups is 2. The first kappa shape index (κ1) is 25.9. The van der Waals surface area contributed by atoms with Crippen LogP contribution in [0.2, 0.25) is 0 Å². The number of ether oxygens (including phenoxy) is 2. The number of carbonyl (C=O) groups excluding carboxylic acids is 2. The van der Waals surface area contributed by atoms with Crippen LogP contribution in [0.3, 0.4) is 0 Å². The van der Waals surface area contributed by atoms with Crippen LogP contribution in [-0.2, 0) is 35.6 Å². The van der Waals surface area contributed by atoms with Gasteiger partial charge in [0, 0.05) is 25.2 Å². The van der Waals surface area contributed by atoms with Crippen molar-refractivity contribution in [3.63, 3.8) is 0 Å². The summed E-state index contributed by atoms with van der Waals surface area (Å²) in [5.41, 5.74) is 4.67. The minimum absolute atomic E-state index is 0.124. The molecule has 0 unspecified atom stereocenters. The molecule has 0 bridgehead atoms. The van der Waals surface area contributed by atoms with Crippen LogP contribution in [0.25, 0.3) is 0 Å². The van der Waals surface area contributed by atoms with Gasteiger partial charge in [-0.1, -0.05) is 11.8 Å². The van der Waals surface area contributed by atoms with E-state index in [1.807, 2.05) is 0 Å². The minimum Gasteiger partial charge on any atom is -0.455 e. The number of nitrogens with one attached hydrogen (secondary N) is 1. The summed E-state index contributed by atoms with van der Waals surface area (Å²) in [6.45, 7) is 5.58. The van der Waals surface area contributed by atoms with E-state index in [1.165, 1.54) is 40.2 Å². The van der Waals surface area contributed by atoms with E-state index < -0.39 is 38.6 Å². The van der Waals surface area contributed by atoms with Gasteiger partial charge in [0.05, 0.1) is 12.8 Å². The first-order valence-corrected chi connectivity index (χ1v) is 13.8. The molecule has 3 rings (SSSR count). The lowest BCUT2D eigenvalue weighted by Crippen LogP contribution is -2.78. The van der Waals surface area contributed by atoms with Crippen LogP contribution < -0.4 is 10.5 Å². The summed E-state index contributed by atoms with van der Waals surface area (Å²) in [6.07, 6.45) is 1.07. The predicted octanol–water partition coefficient (Wildman–Crippen LogP) is -0.873. The maximum absolute atomic E-state index is 13.0. The van der Waals surface area contributed by atoms with Crippen LogP contribution >= 0.6 is 23.5 Å². The maximum atomic E-state index is 13.0. The van der Waals surface area contributed by atoms with E-state index in [4.69, 9.17) is 15.2 Å². The molecular weight excluding hydrogens is 494 g/mol. The third-order valence-electron chi connectivity index (χ3n) is 4.64. The van der Waals surface area contributed by atoms with E-state index in [0.29, 0.717) is 22.2 Å². The number of sulfonamides is 1. The highest BCUT2D eigenvalue weighted by Gasteiger charge is 2.63. The number of hydrogen-bond acceptors (Lipinski definition) is 12. The number of rotatable bonds is 9. The molecule has 33 heavy (non-hydrogen) atoms. The normalized spacial score (nSPS) is 23.4. The minimum atomic E-state index is -3.33. The van der Waals surface area contributed by atoms with Crippen LogP contribution in [0.15, 0.2) is 16.4 Å². The van der Waals surface area contributed by atoms with Gasteiger partial charge in [0.2, 0.25) is 20.9 Å². The number of fused-ring (bicyclic) bond motifs is 1. The molecule has 0 radical (unpaired) electrons. The predicted molar refractivity (Wildman–Crippen MR) is 121 cm³/mol. The average molecular weight is 522 g/mol. The summed E-state index contributed by atoms with van der Waals surface area (Å²) in [6, 6.07) is 0. The molecule has 0 saturated carbocycles. The molecule has 1 saturated heterocycles. The van der Waals surface area contributed by atoms with E-state index in [-0.39, 0.29) is 18.8 Å². The highest BCUT2D eigenvalue weighted by atomic mass is 32.2. The van der Waals surface area contributed by atoms with Crippen molar-refractivity contribution in [2.75, 3.05) is 31.4 Å². The number of methoxy groups -OCH3 is 1. The van der Waals surface area contributed by atoms with Gasteiger partial charge in [0.25, 0.3) is 5.91 Å². The van der Waals surface area contributed by atoms with Gasteiger partial charge in [0.15, 0.2) is 0 Å². The summed E-state index contributed by atoms with van der Waals surface area (Å²) in [7, 11) is -1.97. The fourth-order valence-electron chi connectivity index (χ4n) is 3.16. The largest absolute Gasteiger partial charge is 0.455 e. The van der Waals surface area contributed by atoms with E-state index in [2.05, 4.69) is 20.2 Å². The monoisotopic (exact) mass is 521 g/mol. The molecular formula is C17H27N7O6S3. The Kier molecular flexibility index (Phi) is 7.45. The Bertz CT molecular complexity index is 1070. The number of aromatic nitrogens is 4. The van der Waals surface area contributed by atoms with Crippen molar-refractivity contribution in [3.8, 4) is 0 Å². The molecule has 0 aromatic carbocycles. The molecule has 3 N–H and O–H groups in total. The molecule has 13 nitrogen and oxygen atoms in total. The Morgan fingerprint density at radius 3 is 2.73 bits per heavy atom. The Labute approximate surface area is 200 Å². The lowest BCUT2D eigenvalue weighted by atomic mass is 9.99. The van der Waals surface area contributed by atoms with Crippen molar-refractivity contribution >= 4 is 45.4 Å². The standard InChI is InChI=1S/C17H27N7O6S3/c1-16(2,3)30-12(25)11-10(8-31-14-17(18,29-4)13(26)24(11)14)9-32-15-20-21-22-23(15)7-6-19-33(5,27)28/h14,19H,6-9,18H2,1-5H3/t14-,17+/m1/s1. The van der Waals surface area contributed by atoms with Gasteiger partial charge in [0.1, 0.15) is 16.7 Å². The number of nitrogens with two attached hydrogens (primary N) is 1. The Balaban J connectivity index is 1.80. The molecule has 2 atom stereocenters. The van der Waals surface area contributed by atoms with Gasteiger partial charge < -0.3 is 9.47 Å². The van der Waals surface area contributed by atoms with Gasteiger partial charge in [-0.3, -0.25) is 15.4 Å². The molecule has 184 valence electrons. The highest BCUT2D eigenvalue weighted by Crippen LogP contribution is 2.46. The van der Waals surface area contributed by atoms with Crippen LogP contribution in [-0.4, -0.2) is 93.5 Å². The molecule has 2 aliphatic heterocycles. The number of nitrogens with zero attached hydrogens (tertiary/aromatic N) is 5. The molecule has 1 aromatic rings. The third-order valence-corrected chi connectivity index (χ3v) is 7.80. The first-order chi connectivity index (χ1) is 15.3. The number of tetrazole rings is 1. The third kappa shape index (κ3) is 5.68. The summed E-state index contributed by atoms with van der Waals surface area (Å²) >= 11 is 2.66. The number of β-lactam (4-membered cyclic amide) rings is 1. The lowest BCUT2D eigenvalue weighted by Gasteiger charge is -2.54. The smallest absolute Gasteiger partial charge is 0.355 e. The van der Waals surface area contributed by atoms with Crippen molar-refractivity contribution in [2.24, 2.45) is 5.73 Å². The van der Waals surface area contributed by atoms with Crippen molar-refractivity contribution < 1.29 is 27.5 Å². The lowest BCUT2D eigenvalue weighted by molar-refractivity contribution is -0.184. The van der Waals surface area contributed by atoms with Gasteiger partial charge >= 0.3 is 5.97 Å². The van der Waals surface area contributed by atoms with Crippen LogP contribution in [0.5, 0.6) is 0 Å². The topological polar surface area (TPSA) is 172 Å². The molecule has 0 spiro atoms. The van der Waals surface area contributed by atoms with Gasteiger partial charge in [-0.2, -0.15) is 0 Å². The van der Waals surface area contributed by atoms with Crippen molar-refractivity contribution in [1.29, 1.82) is 0 Å². The van der Waals surface area contributed by atoms with Crippen LogP contribution in [0.4, 0.5) is 0 Å². The van der Waals surface area contributed by atoms with E-state index >= 15 is 0 Å². The zero-order valence-electron chi connectivity index (χ0n) is 18.9. The SMILES string of the molecule is CO[C@@]1(N)C(=O)N2C(C(=O)OC(C)(C)C)=C(CSc3nnnn3CCNS(C)(=O)=O)CS[C@@H]21. The van der Waals surface area contributed by atoms with E-state index in [9.17, 15) is 18.0 Å². The van der Waals surface area contributed by atoms with Gasteiger partial charge in [-0.25, -0.2) is 22.6 Å². The van der Waals surface area contributed by atoms with Gasteiger partial charge in [-0.15, -0.1) is 16.9 Å². The fourth-order valence-corrected chi connectivity index (χ4v) is 6.05. The van der Waals surface area contributed by atoms with Crippen molar-refractivity contribution in [1.82, 2.24) is 29.8 Å². The first-order valence-electron chi connectivity index (χ1n) is 9.85. The summed E-state index contributed by atoms with van der Waals surface area (Å²) in [5, 5.41) is 11.4. The summed E-state index contributed by atoms with van der Waals surface area (Å²) in [4.78, 5) is 27.2. The second-order valence-corrected chi connectivity index (χ2v) is 12.3. The summed E-state index contributed by atoms with van der Waals surface area (Å²) < 4.78 is 37.1. The number of esters is 1. The average Bonchev–Trinajstić information content (AvgIpc) is 3.15. The van der Waals surface area contributed by atoms with E-state index in [1.54, 1.807) is 20.8 Å². The summed E-state index contributed by atoms with van der Waals surface area (Å²) in [5.74, 6) is -0.396. The number of hydrogen-bond donors (Lipinski definition) is 2. The van der Waals surface area contributed by atoms with Crippen molar-refractivity contribution in [2.45, 2.75) is 49.2 Å². The molecule has 1 aromatic heterocycles. The Morgan fingerprint density at radius 1 is 1.42 bits per heavy atom. The molecule has 16 heteroatoms. The molecule has 1 amide bonds. The fraction of sp³-hybridized carbons (Fsp3) is 0.706. The Morgan fingerprint density at radius 2 is 2.12 bits per heavy atom. The maximum Gasteiger partial charge on any atom is 0.355 e. The van der Waals surface area contributed by atoms with Gasteiger partial charge in [-0.05, 0) is 36.8 Å². The van der Waals surface area contributed by atoms with Crippen LogP contribution in [0, 0.1) is 0 Å². The highest BCUT2D eigenvalue weighted by molar-refractivity contribution is 8.01.